The molecule has 6 heteroatoms. The fourth-order valence-electron chi connectivity index (χ4n) is 1.67. The van der Waals surface area contributed by atoms with Crippen molar-refractivity contribution < 1.29 is 9.68 Å². The average Bonchev–Trinajstić information content (AvgIpc) is 2.87. The molecule has 0 unspecified atom stereocenters. The molecule has 0 spiro atoms. The van der Waals surface area contributed by atoms with Crippen LogP contribution in [0.15, 0.2) is 36.7 Å². The van der Waals surface area contributed by atoms with E-state index in [2.05, 4.69) is 11.2 Å². The van der Waals surface area contributed by atoms with Crippen LogP contribution in [0.5, 0.6) is 0 Å². The fourth-order valence-corrected chi connectivity index (χ4v) is 1.67. The fraction of sp³-hybridized carbons (Fsp3) is 0.167. The van der Waals surface area contributed by atoms with E-state index in [-0.39, 0.29) is 0 Å². The van der Waals surface area contributed by atoms with Crippen LogP contribution in [-0.2, 0) is 11.2 Å². The Bertz CT molecular complexity index is 577. The second-order valence-corrected chi connectivity index (χ2v) is 3.83. The molecule has 5 nitrogen and oxygen atoms in total. The lowest BCUT2D eigenvalue weighted by Crippen LogP contribution is -2.31. The minimum absolute atomic E-state index is 0.486. The molecule has 0 saturated carbocycles. The molecule has 2 aromatic rings. The predicted octanol–water partition coefficient (Wildman–Crippen LogP) is 0.137. The van der Waals surface area contributed by atoms with E-state index in [9.17, 15) is 5.02 Å². The van der Waals surface area contributed by atoms with Crippen LogP contribution in [0.4, 0.5) is 0 Å². The first-order chi connectivity index (χ1) is 8.74. The maximum absolute atomic E-state index is 9.48. The summed E-state index contributed by atoms with van der Waals surface area (Å²) in [5, 5.41) is 22.6. The number of hydrogen-bond donors (Lipinski definition) is 1. The van der Waals surface area contributed by atoms with Crippen LogP contribution in [0.25, 0.3) is 0 Å². The van der Waals surface area contributed by atoms with Gasteiger partial charge in [0.1, 0.15) is 0 Å². The van der Waals surface area contributed by atoms with Crippen molar-refractivity contribution in [2.24, 2.45) is 0 Å². The Morgan fingerprint density at radius 1 is 1.50 bits per heavy atom. The van der Waals surface area contributed by atoms with Gasteiger partial charge < -0.3 is 9.68 Å². The van der Waals surface area contributed by atoms with Gasteiger partial charge in [0, 0.05) is 25.0 Å². The van der Waals surface area contributed by atoms with Gasteiger partial charge in [0.25, 0.3) is 0 Å². The topological polar surface area (TPSA) is 71.1 Å². The van der Waals surface area contributed by atoms with Gasteiger partial charge in [-0.05, 0) is 11.6 Å². The lowest BCUT2D eigenvalue weighted by Gasteiger charge is -2.03. The van der Waals surface area contributed by atoms with Crippen LogP contribution in [0, 0.1) is 11.3 Å². The van der Waals surface area contributed by atoms with Crippen LogP contribution in [0.3, 0.4) is 0 Å². The maximum atomic E-state index is 9.48. The molecule has 90 valence electrons. The predicted molar refractivity (Wildman–Crippen MR) is 67.1 cm³/mol. The number of benzene rings is 1. The lowest BCUT2D eigenvalue weighted by atomic mass is 9.82. The summed E-state index contributed by atoms with van der Waals surface area (Å²) >= 11 is 0. The Kier molecular flexibility index (Phi) is 3.77. The molecule has 1 heterocycles. The van der Waals surface area contributed by atoms with E-state index in [4.69, 9.17) is 9.92 Å². The van der Waals surface area contributed by atoms with Gasteiger partial charge in [0.15, 0.2) is 0 Å². The molecule has 1 aromatic carbocycles. The zero-order valence-corrected chi connectivity index (χ0v) is 9.95. The standard InChI is InChI=1S/C12H12BN3O2/c1-18-13(17)12-7-15-16(9-12)8-11-5-3-2-4-10(11)6-14/h2-5,7,9,17H,8H2,1H3. The number of nitriles is 1. The van der Waals surface area contributed by atoms with Crippen LogP contribution in [-0.4, -0.2) is 29.0 Å². The summed E-state index contributed by atoms with van der Waals surface area (Å²) in [5.41, 5.74) is 2.11. The Labute approximate surface area is 105 Å². The van der Waals surface area contributed by atoms with E-state index in [0.29, 0.717) is 17.6 Å². The molecule has 0 amide bonds. The van der Waals surface area contributed by atoms with Crippen LogP contribution >= 0.6 is 0 Å². The smallest absolute Gasteiger partial charge is 0.423 e. The van der Waals surface area contributed by atoms with Gasteiger partial charge in [-0.2, -0.15) is 10.4 Å². The van der Waals surface area contributed by atoms with Gasteiger partial charge in [-0.25, -0.2) is 0 Å². The molecule has 0 atom stereocenters. The Balaban J connectivity index is 2.19. The molecule has 0 bridgehead atoms. The summed E-state index contributed by atoms with van der Waals surface area (Å²) < 4.78 is 6.45. The highest BCUT2D eigenvalue weighted by atomic mass is 16.5. The van der Waals surface area contributed by atoms with Gasteiger partial charge in [0.2, 0.25) is 0 Å². The van der Waals surface area contributed by atoms with Gasteiger partial charge in [0.05, 0.1) is 18.2 Å². The number of nitrogens with zero attached hydrogens (tertiary/aromatic N) is 3. The minimum atomic E-state index is -0.968. The lowest BCUT2D eigenvalue weighted by molar-refractivity contribution is 0.341. The minimum Gasteiger partial charge on any atom is -0.423 e. The molecule has 1 N–H and O–H groups in total. The van der Waals surface area contributed by atoms with E-state index in [1.54, 1.807) is 23.1 Å². The van der Waals surface area contributed by atoms with E-state index >= 15 is 0 Å². The normalized spacial score (nSPS) is 10.1. The zero-order chi connectivity index (χ0) is 13.0. The first kappa shape index (κ1) is 12.4. The van der Waals surface area contributed by atoms with Crippen molar-refractivity contribution in [1.29, 1.82) is 5.26 Å². The highest BCUT2D eigenvalue weighted by Gasteiger charge is 2.16. The Hall–Kier alpha value is -2.10. The Morgan fingerprint density at radius 2 is 2.28 bits per heavy atom. The molecule has 0 fully saturated rings. The van der Waals surface area contributed by atoms with Crippen molar-refractivity contribution in [2.45, 2.75) is 6.54 Å². The van der Waals surface area contributed by atoms with Crippen molar-refractivity contribution in [3.63, 3.8) is 0 Å². The summed E-state index contributed by atoms with van der Waals surface area (Å²) in [4.78, 5) is 0. The molecular formula is C12H12BN3O2. The molecule has 1 aromatic heterocycles. The van der Waals surface area contributed by atoms with E-state index in [1.165, 1.54) is 7.11 Å². The van der Waals surface area contributed by atoms with Crippen LogP contribution < -0.4 is 5.46 Å². The van der Waals surface area contributed by atoms with Crippen molar-refractivity contribution in [2.75, 3.05) is 7.11 Å². The van der Waals surface area contributed by atoms with Crippen LogP contribution in [0.2, 0.25) is 0 Å². The van der Waals surface area contributed by atoms with Gasteiger partial charge in [-0.1, -0.05) is 18.2 Å². The monoisotopic (exact) mass is 241 g/mol. The summed E-state index contributed by atoms with van der Waals surface area (Å²) in [6, 6.07) is 9.49. The van der Waals surface area contributed by atoms with E-state index in [0.717, 1.165) is 5.56 Å². The highest BCUT2D eigenvalue weighted by Crippen LogP contribution is 2.08. The van der Waals surface area contributed by atoms with Crippen molar-refractivity contribution >= 4 is 12.6 Å². The maximum Gasteiger partial charge on any atom is 0.494 e. The van der Waals surface area contributed by atoms with Crippen molar-refractivity contribution in [1.82, 2.24) is 9.78 Å². The van der Waals surface area contributed by atoms with Gasteiger partial charge in [-0.3, -0.25) is 4.68 Å². The molecule has 18 heavy (non-hydrogen) atoms. The van der Waals surface area contributed by atoms with Gasteiger partial charge >= 0.3 is 7.12 Å². The highest BCUT2D eigenvalue weighted by molar-refractivity contribution is 6.59. The summed E-state index contributed by atoms with van der Waals surface area (Å²) in [7, 11) is 0.456. The third-order valence-electron chi connectivity index (χ3n) is 2.63. The third kappa shape index (κ3) is 2.59. The summed E-state index contributed by atoms with van der Waals surface area (Å²) in [6.45, 7) is 0.486. The summed E-state index contributed by atoms with van der Waals surface area (Å²) in [5.74, 6) is 0. The van der Waals surface area contributed by atoms with E-state index < -0.39 is 7.12 Å². The molecule has 2 rings (SSSR count). The van der Waals surface area contributed by atoms with Crippen LogP contribution in [0.1, 0.15) is 11.1 Å². The largest absolute Gasteiger partial charge is 0.494 e. The average molecular weight is 241 g/mol. The number of hydrogen-bond acceptors (Lipinski definition) is 4. The van der Waals surface area contributed by atoms with Crippen molar-refractivity contribution in [3.05, 3.63) is 47.8 Å². The molecule has 0 radical (unpaired) electrons. The molecular weight excluding hydrogens is 229 g/mol. The first-order valence-electron chi connectivity index (χ1n) is 5.46. The number of rotatable bonds is 4. The molecule has 0 saturated heterocycles. The number of aromatic nitrogens is 2. The quantitative estimate of drug-likeness (QED) is 0.772. The SMILES string of the molecule is COB(O)c1cnn(Cc2ccccc2C#N)c1. The molecule has 0 aliphatic heterocycles. The second kappa shape index (κ2) is 5.49. The Morgan fingerprint density at radius 3 is 3.00 bits per heavy atom. The third-order valence-corrected chi connectivity index (χ3v) is 2.63. The molecule has 0 aliphatic rings. The molecule has 0 aliphatic carbocycles. The zero-order valence-electron chi connectivity index (χ0n) is 9.95. The second-order valence-electron chi connectivity index (χ2n) is 3.83. The van der Waals surface area contributed by atoms with Gasteiger partial charge in [-0.15, -0.1) is 0 Å². The first-order valence-corrected chi connectivity index (χ1v) is 5.46. The van der Waals surface area contributed by atoms with Crippen molar-refractivity contribution in [3.8, 4) is 6.07 Å². The summed E-state index contributed by atoms with van der Waals surface area (Å²) in [6.07, 6.45) is 3.24. The van der Waals surface area contributed by atoms with E-state index in [1.807, 2.05) is 18.2 Å².